The number of thiazole rings is 1. The Morgan fingerprint density at radius 1 is 1.42 bits per heavy atom. The topological polar surface area (TPSA) is 42.2 Å². The molecule has 1 unspecified atom stereocenters. The lowest BCUT2D eigenvalue weighted by Crippen LogP contribution is -2.29. The van der Waals surface area contributed by atoms with Crippen molar-refractivity contribution in [1.29, 1.82) is 0 Å². The van der Waals surface area contributed by atoms with Crippen LogP contribution in [0.4, 0.5) is 5.13 Å². The molecule has 2 aliphatic carbocycles. The molecule has 0 bridgehead atoms. The zero-order chi connectivity index (χ0) is 13.6. The predicted molar refractivity (Wildman–Crippen MR) is 81.8 cm³/mol. The largest absolute Gasteiger partial charge is 0.351 e. The standard InChI is InChI=1S/C15H25N3S/c1-15(2)7-11(16)13-12(8-15)17-14(19-13)18(3)9-10-5-4-6-10/h10-11H,4-9,16H2,1-3H3. The van der Waals surface area contributed by atoms with E-state index < -0.39 is 0 Å². The Morgan fingerprint density at radius 2 is 2.16 bits per heavy atom. The quantitative estimate of drug-likeness (QED) is 0.922. The highest BCUT2D eigenvalue weighted by Gasteiger charge is 2.33. The van der Waals surface area contributed by atoms with Crippen LogP contribution in [0.15, 0.2) is 0 Å². The third kappa shape index (κ3) is 2.65. The van der Waals surface area contributed by atoms with Crippen LogP contribution in [0.5, 0.6) is 0 Å². The van der Waals surface area contributed by atoms with Crippen LogP contribution in [0.1, 0.15) is 56.1 Å². The van der Waals surface area contributed by atoms with Gasteiger partial charge in [-0.15, -0.1) is 11.3 Å². The molecule has 3 nitrogen and oxygen atoms in total. The second-order valence-corrected chi connectivity index (χ2v) is 8.15. The highest BCUT2D eigenvalue weighted by molar-refractivity contribution is 7.15. The fraction of sp³-hybridized carbons (Fsp3) is 0.800. The first-order valence-electron chi connectivity index (χ1n) is 7.41. The van der Waals surface area contributed by atoms with Crippen molar-refractivity contribution in [1.82, 2.24) is 4.98 Å². The Hall–Kier alpha value is -0.610. The third-order valence-corrected chi connectivity index (χ3v) is 5.90. The van der Waals surface area contributed by atoms with Gasteiger partial charge in [0.15, 0.2) is 5.13 Å². The van der Waals surface area contributed by atoms with Gasteiger partial charge in [-0.2, -0.15) is 0 Å². The fourth-order valence-corrected chi connectivity index (χ4v) is 4.34. The molecule has 3 rings (SSSR count). The normalized spacial score (nSPS) is 25.8. The summed E-state index contributed by atoms with van der Waals surface area (Å²) in [5.74, 6) is 0.885. The van der Waals surface area contributed by atoms with Gasteiger partial charge in [0.1, 0.15) is 0 Å². The van der Waals surface area contributed by atoms with Crippen molar-refractivity contribution in [3.05, 3.63) is 10.6 Å². The first kappa shape index (κ1) is 13.4. The van der Waals surface area contributed by atoms with Gasteiger partial charge in [0.05, 0.1) is 5.69 Å². The summed E-state index contributed by atoms with van der Waals surface area (Å²) in [7, 11) is 2.18. The first-order valence-corrected chi connectivity index (χ1v) is 8.22. The Kier molecular flexibility index (Phi) is 3.34. The van der Waals surface area contributed by atoms with Gasteiger partial charge >= 0.3 is 0 Å². The number of anilines is 1. The fourth-order valence-electron chi connectivity index (χ4n) is 3.28. The van der Waals surface area contributed by atoms with Crippen LogP contribution in [0, 0.1) is 11.3 Å². The molecule has 2 aliphatic rings. The maximum absolute atomic E-state index is 6.33. The van der Waals surface area contributed by atoms with E-state index in [1.54, 1.807) is 0 Å². The molecule has 1 atom stereocenters. The number of hydrogen-bond acceptors (Lipinski definition) is 4. The van der Waals surface area contributed by atoms with Crippen molar-refractivity contribution < 1.29 is 0 Å². The molecule has 0 saturated heterocycles. The average Bonchev–Trinajstić information content (AvgIpc) is 2.65. The number of hydrogen-bond donors (Lipinski definition) is 1. The minimum atomic E-state index is 0.183. The molecule has 1 heterocycles. The van der Waals surface area contributed by atoms with E-state index in [9.17, 15) is 0 Å². The summed E-state index contributed by atoms with van der Waals surface area (Å²) < 4.78 is 0. The summed E-state index contributed by atoms with van der Waals surface area (Å²) in [4.78, 5) is 8.54. The van der Waals surface area contributed by atoms with E-state index in [4.69, 9.17) is 10.7 Å². The minimum Gasteiger partial charge on any atom is -0.351 e. The summed E-state index contributed by atoms with van der Waals surface area (Å²) in [5.41, 5.74) is 7.88. The number of aromatic nitrogens is 1. The molecule has 0 aliphatic heterocycles. The predicted octanol–water partition coefficient (Wildman–Crippen LogP) is 3.35. The second kappa shape index (κ2) is 4.74. The van der Waals surface area contributed by atoms with E-state index >= 15 is 0 Å². The summed E-state index contributed by atoms with van der Waals surface area (Å²) in [6.07, 6.45) is 6.34. The van der Waals surface area contributed by atoms with Crippen molar-refractivity contribution in [2.75, 3.05) is 18.5 Å². The third-order valence-electron chi connectivity index (χ3n) is 4.55. The number of rotatable bonds is 3. The lowest BCUT2D eigenvalue weighted by Gasteiger charge is -2.32. The molecule has 0 spiro atoms. The first-order chi connectivity index (χ1) is 8.94. The molecule has 0 aromatic carbocycles. The lowest BCUT2D eigenvalue weighted by molar-refractivity contribution is 0.282. The van der Waals surface area contributed by atoms with Crippen molar-refractivity contribution in [3.8, 4) is 0 Å². The summed E-state index contributed by atoms with van der Waals surface area (Å²) in [6, 6.07) is 0.183. The Balaban J connectivity index is 1.77. The van der Waals surface area contributed by atoms with E-state index in [-0.39, 0.29) is 6.04 Å². The van der Waals surface area contributed by atoms with Crippen LogP contribution in [-0.4, -0.2) is 18.6 Å². The molecule has 1 aromatic rings. The molecule has 1 aromatic heterocycles. The zero-order valence-corrected chi connectivity index (χ0v) is 13.1. The van der Waals surface area contributed by atoms with Crippen LogP contribution in [0.25, 0.3) is 0 Å². The van der Waals surface area contributed by atoms with Crippen molar-refractivity contribution >= 4 is 16.5 Å². The molecule has 2 N–H and O–H groups in total. The van der Waals surface area contributed by atoms with Gasteiger partial charge in [0, 0.05) is 24.5 Å². The average molecular weight is 279 g/mol. The van der Waals surface area contributed by atoms with Crippen LogP contribution in [0.2, 0.25) is 0 Å². The van der Waals surface area contributed by atoms with Crippen LogP contribution in [0.3, 0.4) is 0 Å². The lowest BCUT2D eigenvalue weighted by atomic mass is 9.77. The molecule has 0 radical (unpaired) electrons. The van der Waals surface area contributed by atoms with Crippen molar-refractivity contribution in [2.24, 2.45) is 17.1 Å². The smallest absolute Gasteiger partial charge is 0.185 e. The molecule has 1 saturated carbocycles. The summed E-state index contributed by atoms with van der Waals surface area (Å²) in [5, 5.41) is 1.17. The monoisotopic (exact) mass is 279 g/mol. The SMILES string of the molecule is CN(CC1CCC1)c1nc2c(s1)C(N)CC(C)(C)C2. The van der Waals surface area contributed by atoms with Gasteiger partial charge < -0.3 is 10.6 Å². The second-order valence-electron chi connectivity index (χ2n) is 7.14. The Labute approximate surface area is 120 Å². The maximum Gasteiger partial charge on any atom is 0.185 e. The van der Waals surface area contributed by atoms with Gasteiger partial charge in [0.2, 0.25) is 0 Å². The Bertz CT molecular complexity index is 462. The zero-order valence-electron chi connectivity index (χ0n) is 12.3. The van der Waals surface area contributed by atoms with Gasteiger partial charge in [-0.1, -0.05) is 20.3 Å². The van der Waals surface area contributed by atoms with E-state index in [1.807, 2.05) is 11.3 Å². The highest BCUT2D eigenvalue weighted by Crippen LogP contribution is 2.43. The van der Waals surface area contributed by atoms with Crippen molar-refractivity contribution in [2.45, 2.75) is 52.0 Å². The maximum atomic E-state index is 6.33. The van der Waals surface area contributed by atoms with Gasteiger partial charge in [-0.05, 0) is 37.0 Å². The number of nitrogens with two attached hydrogens (primary N) is 1. The van der Waals surface area contributed by atoms with Crippen molar-refractivity contribution in [3.63, 3.8) is 0 Å². The number of fused-ring (bicyclic) bond motifs is 1. The van der Waals surface area contributed by atoms with Crippen LogP contribution >= 0.6 is 11.3 Å². The summed E-state index contributed by atoms with van der Waals surface area (Å²) >= 11 is 1.82. The van der Waals surface area contributed by atoms with Gasteiger partial charge in [-0.3, -0.25) is 0 Å². The summed E-state index contributed by atoms with van der Waals surface area (Å²) in [6.45, 7) is 5.75. The number of nitrogens with zero attached hydrogens (tertiary/aromatic N) is 2. The Morgan fingerprint density at radius 3 is 2.79 bits per heavy atom. The highest BCUT2D eigenvalue weighted by atomic mass is 32.1. The van der Waals surface area contributed by atoms with Crippen LogP contribution < -0.4 is 10.6 Å². The van der Waals surface area contributed by atoms with E-state index in [1.165, 1.54) is 35.0 Å². The molecule has 0 amide bonds. The van der Waals surface area contributed by atoms with Gasteiger partial charge in [0.25, 0.3) is 0 Å². The van der Waals surface area contributed by atoms with E-state index in [2.05, 4.69) is 25.8 Å². The molecule has 106 valence electrons. The molecule has 4 heteroatoms. The van der Waals surface area contributed by atoms with E-state index in [0.717, 1.165) is 25.3 Å². The molecular formula is C15H25N3S. The van der Waals surface area contributed by atoms with E-state index in [0.29, 0.717) is 5.41 Å². The van der Waals surface area contributed by atoms with Gasteiger partial charge in [-0.25, -0.2) is 4.98 Å². The van der Waals surface area contributed by atoms with Crippen LogP contribution in [-0.2, 0) is 6.42 Å². The molecule has 1 fully saturated rings. The molecular weight excluding hydrogens is 254 g/mol. The minimum absolute atomic E-state index is 0.183. The molecule has 19 heavy (non-hydrogen) atoms.